The zero-order valence-electron chi connectivity index (χ0n) is 12.1. The third-order valence-corrected chi connectivity index (χ3v) is 3.42. The van der Waals surface area contributed by atoms with Crippen molar-refractivity contribution in [2.45, 2.75) is 39.2 Å². The van der Waals surface area contributed by atoms with Crippen LogP contribution in [0.3, 0.4) is 0 Å². The Kier molecular flexibility index (Phi) is 4.77. The molecule has 0 unspecified atom stereocenters. The quantitative estimate of drug-likeness (QED) is 0.776. The van der Waals surface area contributed by atoms with Crippen molar-refractivity contribution in [3.63, 3.8) is 0 Å². The Balaban J connectivity index is 2.04. The zero-order valence-corrected chi connectivity index (χ0v) is 12.1. The van der Waals surface area contributed by atoms with Gasteiger partial charge in [-0.25, -0.2) is 9.78 Å². The molecule has 2 rings (SSSR count). The summed E-state index contributed by atoms with van der Waals surface area (Å²) < 4.78 is 0. The van der Waals surface area contributed by atoms with Gasteiger partial charge in [-0.3, -0.25) is 0 Å². The molecule has 20 heavy (non-hydrogen) atoms. The summed E-state index contributed by atoms with van der Waals surface area (Å²) >= 11 is 0. The Morgan fingerprint density at radius 2 is 2.25 bits per heavy atom. The maximum absolute atomic E-state index is 10.5. The summed E-state index contributed by atoms with van der Waals surface area (Å²) in [5.41, 5.74) is 0.816. The second kappa shape index (κ2) is 6.55. The second-order valence-electron chi connectivity index (χ2n) is 5.73. The van der Waals surface area contributed by atoms with Gasteiger partial charge in [0, 0.05) is 24.9 Å². The van der Waals surface area contributed by atoms with Crippen LogP contribution in [0.5, 0.6) is 0 Å². The summed E-state index contributed by atoms with van der Waals surface area (Å²) in [5.74, 6) is 0.750. The van der Waals surface area contributed by atoms with Crippen molar-refractivity contribution in [2.75, 3.05) is 11.4 Å². The van der Waals surface area contributed by atoms with Gasteiger partial charge < -0.3 is 10.0 Å². The number of anilines is 1. The van der Waals surface area contributed by atoms with E-state index in [0.717, 1.165) is 24.0 Å². The molecule has 108 valence electrons. The van der Waals surface area contributed by atoms with Crippen molar-refractivity contribution < 1.29 is 9.90 Å². The van der Waals surface area contributed by atoms with Crippen LogP contribution in [-0.4, -0.2) is 28.6 Å². The highest BCUT2D eigenvalue weighted by Gasteiger charge is 2.29. The average Bonchev–Trinajstić information content (AvgIpc) is 3.22. The number of hydrogen-bond acceptors (Lipinski definition) is 3. The normalized spacial score (nSPS) is 14.9. The molecule has 0 amide bonds. The van der Waals surface area contributed by atoms with E-state index in [9.17, 15) is 4.79 Å². The van der Waals surface area contributed by atoms with Crippen molar-refractivity contribution in [1.29, 1.82) is 0 Å². The van der Waals surface area contributed by atoms with Gasteiger partial charge in [-0.05, 0) is 49.0 Å². The summed E-state index contributed by atoms with van der Waals surface area (Å²) in [6.07, 6.45) is 8.10. The zero-order chi connectivity index (χ0) is 14.5. The van der Waals surface area contributed by atoms with Gasteiger partial charge >= 0.3 is 5.97 Å². The lowest BCUT2D eigenvalue weighted by Gasteiger charge is -2.24. The maximum Gasteiger partial charge on any atom is 0.328 e. The highest BCUT2D eigenvalue weighted by Crippen LogP contribution is 2.31. The third-order valence-electron chi connectivity index (χ3n) is 3.42. The predicted octanol–water partition coefficient (Wildman–Crippen LogP) is 3.19. The number of carbonyl (C=O) groups is 1. The molecule has 0 spiro atoms. The first-order chi connectivity index (χ1) is 9.56. The minimum atomic E-state index is -0.939. The molecule has 0 aromatic carbocycles. The standard InChI is InChI=1S/C16H22N2O2/c1-12(2)9-10-18(14-5-6-14)15-7-3-13(11-17-15)4-8-16(19)20/h3-4,7-8,11-12,14H,5-6,9-10H2,1-2H3,(H,19,20)/b8-4+. The Labute approximate surface area is 120 Å². The predicted molar refractivity (Wildman–Crippen MR) is 80.7 cm³/mol. The smallest absolute Gasteiger partial charge is 0.328 e. The number of pyridine rings is 1. The van der Waals surface area contributed by atoms with Gasteiger partial charge in [-0.2, -0.15) is 0 Å². The summed E-state index contributed by atoms with van der Waals surface area (Å²) in [6.45, 7) is 5.51. The van der Waals surface area contributed by atoms with E-state index < -0.39 is 5.97 Å². The van der Waals surface area contributed by atoms with Gasteiger partial charge in [-0.1, -0.05) is 13.8 Å². The molecule has 1 fully saturated rings. The van der Waals surface area contributed by atoms with Gasteiger partial charge in [0.25, 0.3) is 0 Å². The molecule has 1 N–H and O–H groups in total. The Hall–Kier alpha value is -1.84. The first kappa shape index (κ1) is 14.6. The number of carboxylic acids is 1. The fourth-order valence-corrected chi connectivity index (χ4v) is 2.10. The van der Waals surface area contributed by atoms with E-state index in [4.69, 9.17) is 5.11 Å². The van der Waals surface area contributed by atoms with Crippen LogP contribution < -0.4 is 4.90 Å². The first-order valence-electron chi connectivity index (χ1n) is 7.20. The molecule has 4 heteroatoms. The van der Waals surface area contributed by atoms with Gasteiger partial charge in [0.15, 0.2) is 0 Å². The molecule has 0 aliphatic heterocycles. The third kappa shape index (κ3) is 4.37. The summed E-state index contributed by atoms with van der Waals surface area (Å²) in [7, 11) is 0. The molecule has 0 atom stereocenters. The largest absolute Gasteiger partial charge is 0.478 e. The SMILES string of the molecule is CC(C)CCN(c1ccc(/C=C/C(=O)O)cn1)C1CC1. The number of nitrogens with zero attached hydrogens (tertiary/aromatic N) is 2. The molecule has 1 aliphatic carbocycles. The van der Waals surface area contributed by atoms with Crippen LogP contribution in [0.2, 0.25) is 0 Å². The van der Waals surface area contributed by atoms with E-state index >= 15 is 0 Å². The summed E-state index contributed by atoms with van der Waals surface area (Å²) in [5, 5.41) is 8.61. The van der Waals surface area contributed by atoms with Crippen molar-refractivity contribution >= 4 is 17.9 Å². The molecule has 1 saturated carbocycles. The molecule has 1 aromatic rings. The summed E-state index contributed by atoms with van der Waals surface area (Å²) in [4.78, 5) is 17.3. The fourth-order valence-electron chi connectivity index (χ4n) is 2.10. The summed E-state index contributed by atoms with van der Waals surface area (Å²) in [6, 6.07) is 4.55. The van der Waals surface area contributed by atoms with Crippen molar-refractivity contribution in [3.05, 3.63) is 30.0 Å². The molecular formula is C16H22N2O2. The minimum Gasteiger partial charge on any atom is -0.478 e. The van der Waals surface area contributed by atoms with Crippen molar-refractivity contribution in [2.24, 2.45) is 5.92 Å². The first-order valence-corrected chi connectivity index (χ1v) is 7.20. The monoisotopic (exact) mass is 274 g/mol. The maximum atomic E-state index is 10.5. The van der Waals surface area contributed by atoms with E-state index in [-0.39, 0.29) is 0 Å². The van der Waals surface area contributed by atoms with E-state index in [1.807, 2.05) is 12.1 Å². The van der Waals surface area contributed by atoms with E-state index in [0.29, 0.717) is 12.0 Å². The van der Waals surface area contributed by atoms with E-state index in [1.165, 1.54) is 19.3 Å². The van der Waals surface area contributed by atoms with Crippen LogP contribution in [0.25, 0.3) is 6.08 Å². The fraction of sp³-hybridized carbons (Fsp3) is 0.500. The lowest BCUT2D eigenvalue weighted by molar-refractivity contribution is -0.131. The molecule has 1 aromatic heterocycles. The number of carboxylic acid groups (broad SMARTS) is 1. The Bertz CT molecular complexity index is 476. The Morgan fingerprint density at radius 3 is 2.75 bits per heavy atom. The van der Waals surface area contributed by atoms with Gasteiger partial charge in [0.05, 0.1) is 0 Å². The molecule has 0 bridgehead atoms. The molecule has 1 aliphatic rings. The van der Waals surface area contributed by atoms with E-state index in [2.05, 4.69) is 23.7 Å². The lowest BCUT2D eigenvalue weighted by atomic mass is 10.1. The van der Waals surface area contributed by atoms with Gasteiger partial charge in [-0.15, -0.1) is 0 Å². The Morgan fingerprint density at radius 1 is 1.50 bits per heavy atom. The highest BCUT2D eigenvalue weighted by atomic mass is 16.4. The minimum absolute atomic E-state index is 0.640. The number of aliphatic carboxylic acids is 1. The molecule has 0 saturated heterocycles. The van der Waals surface area contributed by atoms with Gasteiger partial charge in [0.2, 0.25) is 0 Å². The molecule has 1 heterocycles. The van der Waals surface area contributed by atoms with Crippen LogP contribution in [0.15, 0.2) is 24.4 Å². The van der Waals surface area contributed by atoms with Crippen molar-refractivity contribution in [1.82, 2.24) is 4.98 Å². The topological polar surface area (TPSA) is 53.4 Å². The second-order valence-corrected chi connectivity index (χ2v) is 5.73. The average molecular weight is 274 g/mol. The number of hydrogen-bond donors (Lipinski definition) is 1. The van der Waals surface area contributed by atoms with Crippen molar-refractivity contribution in [3.8, 4) is 0 Å². The highest BCUT2D eigenvalue weighted by molar-refractivity contribution is 5.85. The van der Waals surface area contributed by atoms with E-state index in [1.54, 1.807) is 12.3 Å². The molecule has 4 nitrogen and oxygen atoms in total. The molecule has 0 radical (unpaired) electrons. The number of rotatable bonds is 7. The van der Waals surface area contributed by atoms with Crippen LogP contribution in [0.1, 0.15) is 38.7 Å². The lowest BCUT2D eigenvalue weighted by Crippen LogP contribution is -2.28. The van der Waals surface area contributed by atoms with Crippen LogP contribution >= 0.6 is 0 Å². The molecular weight excluding hydrogens is 252 g/mol. The van der Waals surface area contributed by atoms with Crippen LogP contribution in [-0.2, 0) is 4.79 Å². The van der Waals surface area contributed by atoms with Crippen LogP contribution in [0.4, 0.5) is 5.82 Å². The number of aromatic nitrogens is 1. The van der Waals surface area contributed by atoms with Crippen LogP contribution in [0, 0.1) is 5.92 Å². The van der Waals surface area contributed by atoms with Gasteiger partial charge in [0.1, 0.15) is 5.82 Å².